The molecule has 0 aliphatic rings. The lowest BCUT2D eigenvalue weighted by Crippen LogP contribution is -2.25. The van der Waals surface area contributed by atoms with E-state index in [9.17, 15) is 14.0 Å². The minimum atomic E-state index is -0.344. The standard InChI is InChI=1S/C24H17FN4O2S2/c25-16-11-9-15(10-12-16)13-29-22(31)17-5-1-2-6-18(17)27-24(29)32-14-21(30)28-23-26-19-7-3-4-8-20(19)33-23/h1-12H,13-14H2,(H,26,28,30). The van der Waals surface area contributed by atoms with Gasteiger partial charge in [-0.2, -0.15) is 0 Å². The van der Waals surface area contributed by atoms with Crippen molar-refractivity contribution in [2.24, 2.45) is 0 Å². The largest absolute Gasteiger partial charge is 0.301 e. The molecule has 0 aliphatic heterocycles. The van der Waals surface area contributed by atoms with Crippen molar-refractivity contribution in [3.8, 4) is 0 Å². The number of benzene rings is 3. The molecule has 0 fully saturated rings. The number of fused-ring (bicyclic) bond motifs is 2. The first-order valence-electron chi connectivity index (χ1n) is 10.1. The van der Waals surface area contributed by atoms with E-state index in [0.717, 1.165) is 15.8 Å². The van der Waals surface area contributed by atoms with Gasteiger partial charge in [0.05, 0.1) is 33.4 Å². The van der Waals surface area contributed by atoms with Crippen LogP contribution < -0.4 is 10.9 Å². The summed E-state index contributed by atoms with van der Waals surface area (Å²) in [5, 5.41) is 4.25. The summed E-state index contributed by atoms with van der Waals surface area (Å²) in [5.74, 6) is -0.525. The zero-order valence-corrected chi connectivity index (χ0v) is 18.8. The van der Waals surface area contributed by atoms with Crippen LogP contribution in [0.3, 0.4) is 0 Å². The summed E-state index contributed by atoms with van der Waals surface area (Å²) < 4.78 is 15.8. The summed E-state index contributed by atoms with van der Waals surface area (Å²) in [6.45, 7) is 0.221. The number of thioether (sulfide) groups is 1. The van der Waals surface area contributed by atoms with Gasteiger partial charge in [0, 0.05) is 0 Å². The lowest BCUT2D eigenvalue weighted by atomic mass is 10.2. The minimum absolute atomic E-state index is 0.0596. The third-order valence-corrected chi connectivity index (χ3v) is 6.88. The maximum absolute atomic E-state index is 13.3. The SMILES string of the molecule is O=C(CSc1nc2ccccc2c(=O)n1Cc1ccc(F)cc1)Nc1nc2ccccc2s1. The second kappa shape index (κ2) is 9.13. The Morgan fingerprint density at radius 1 is 0.970 bits per heavy atom. The highest BCUT2D eigenvalue weighted by Crippen LogP contribution is 2.26. The fourth-order valence-corrected chi connectivity index (χ4v) is 5.06. The molecule has 1 amide bonds. The monoisotopic (exact) mass is 476 g/mol. The van der Waals surface area contributed by atoms with Crippen molar-refractivity contribution in [1.82, 2.24) is 14.5 Å². The number of para-hydroxylation sites is 2. The molecule has 2 aromatic heterocycles. The van der Waals surface area contributed by atoms with Gasteiger partial charge in [-0.3, -0.25) is 14.2 Å². The Balaban J connectivity index is 1.40. The van der Waals surface area contributed by atoms with E-state index in [1.807, 2.05) is 30.3 Å². The number of aromatic nitrogens is 3. The van der Waals surface area contributed by atoms with E-state index >= 15 is 0 Å². The Morgan fingerprint density at radius 2 is 1.70 bits per heavy atom. The fourth-order valence-electron chi connectivity index (χ4n) is 3.38. The molecule has 0 atom stereocenters. The van der Waals surface area contributed by atoms with Gasteiger partial charge in [-0.25, -0.2) is 14.4 Å². The first-order chi connectivity index (χ1) is 16.1. The second-order valence-corrected chi connectivity index (χ2v) is 9.23. The highest BCUT2D eigenvalue weighted by atomic mass is 32.2. The van der Waals surface area contributed by atoms with Crippen LogP contribution in [0.15, 0.2) is 82.7 Å². The zero-order chi connectivity index (χ0) is 22.8. The lowest BCUT2D eigenvalue weighted by Gasteiger charge is -2.13. The quantitative estimate of drug-likeness (QED) is 0.278. The predicted octanol–water partition coefficient (Wildman–Crippen LogP) is 4.92. The molecule has 0 unspecified atom stereocenters. The number of carbonyl (C=O) groups excluding carboxylic acids is 1. The molecule has 0 radical (unpaired) electrons. The van der Waals surface area contributed by atoms with E-state index in [2.05, 4.69) is 15.3 Å². The molecule has 9 heteroatoms. The van der Waals surface area contributed by atoms with Gasteiger partial charge in [0.15, 0.2) is 10.3 Å². The number of nitrogens with one attached hydrogen (secondary N) is 1. The van der Waals surface area contributed by atoms with Crippen LogP contribution >= 0.6 is 23.1 Å². The molecule has 164 valence electrons. The van der Waals surface area contributed by atoms with E-state index in [0.29, 0.717) is 21.2 Å². The minimum Gasteiger partial charge on any atom is -0.301 e. The number of carbonyl (C=O) groups is 1. The number of amides is 1. The predicted molar refractivity (Wildman–Crippen MR) is 130 cm³/mol. The molecule has 33 heavy (non-hydrogen) atoms. The summed E-state index contributed by atoms with van der Waals surface area (Å²) >= 11 is 2.58. The maximum atomic E-state index is 13.3. The van der Waals surface area contributed by atoms with E-state index in [1.54, 1.807) is 30.3 Å². The summed E-state index contributed by atoms with van der Waals surface area (Å²) in [4.78, 5) is 34.8. The highest BCUT2D eigenvalue weighted by Gasteiger charge is 2.15. The van der Waals surface area contributed by atoms with Gasteiger partial charge < -0.3 is 5.32 Å². The molecule has 0 bridgehead atoms. The third-order valence-electron chi connectivity index (χ3n) is 4.95. The molecule has 0 spiro atoms. The van der Waals surface area contributed by atoms with Crippen molar-refractivity contribution in [2.45, 2.75) is 11.7 Å². The van der Waals surface area contributed by atoms with Crippen molar-refractivity contribution in [3.05, 3.63) is 94.5 Å². The number of thiazole rings is 1. The van der Waals surface area contributed by atoms with Crippen LogP contribution in [0.5, 0.6) is 0 Å². The Morgan fingerprint density at radius 3 is 2.48 bits per heavy atom. The Labute approximate surface area is 196 Å². The van der Waals surface area contributed by atoms with Crippen LogP contribution in [0.2, 0.25) is 0 Å². The summed E-state index contributed by atoms with van der Waals surface area (Å²) in [5.41, 5.74) is 1.94. The molecule has 0 saturated heterocycles. The third kappa shape index (κ3) is 4.64. The first-order valence-corrected chi connectivity index (χ1v) is 11.9. The zero-order valence-electron chi connectivity index (χ0n) is 17.2. The smallest absolute Gasteiger partial charge is 0.262 e. The summed E-state index contributed by atoms with van der Waals surface area (Å²) in [6.07, 6.45) is 0. The van der Waals surface area contributed by atoms with Gasteiger partial charge in [-0.05, 0) is 42.0 Å². The van der Waals surface area contributed by atoms with Crippen molar-refractivity contribution >= 4 is 55.3 Å². The number of halogens is 1. The average molecular weight is 477 g/mol. The van der Waals surface area contributed by atoms with Crippen LogP contribution in [0.1, 0.15) is 5.56 Å². The number of hydrogen-bond donors (Lipinski definition) is 1. The van der Waals surface area contributed by atoms with Gasteiger partial charge in [-0.1, -0.05) is 59.5 Å². The lowest BCUT2D eigenvalue weighted by molar-refractivity contribution is -0.113. The number of rotatable bonds is 6. The van der Waals surface area contributed by atoms with Crippen LogP contribution in [0.25, 0.3) is 21.1 Å². The van der Waals surface area contributed by atoms with E-state index < -0.39 is 0 Å². The van der Waals surface area contributed by atoms with Crippen molar-refractivity contribution in [1.29, 1.82) is 0 Å². The number of hydrogen-bond acceptors (Lipinski definition) is 6. The topological polar surface area (TPSA) is 76.9 Å². The highest BCUT2D eigenvalue weighted by molar-refractivity contribution is 7.99. The van der Waals surface area contributed by atoms with Crippen LogP contribution in [0, 0.1) is 5.82 Å². The first kappa shape index (κ1) is 21.3. The van der Waals surface area contributed by atoms with Gasteiger partial charge in [0.1, 0.15) is 5.82 Å². The van der Waals surface area contributed by atoms with Crippen LogP contribution in [-0.2, 0) is 11.3 Å². The summed E-state index contributed by atoms with van der Waals surface area (Å²) in [6, 6.07) is 20.7. The molecular formula is C24H17FN4O2S2. The molecule has 2 heterocycles. The van der Waals surface area contributed by atoms with Crippen LogP contribution in [-0.4, -0.2) is 26.2 Å². The molecule has 1 N–H and O–H groups in total. The normalized spacial score (nSPS) is 11.2. The van der Waals surface area contributed by atoms with E-state index in [-0.39, 0.29) is 29.6 Å². The van der Waals surface area contributed by atoms with Gasteiger partial charge in [-0.15, -0.1) is 0 Å². The van der Waals surface area contributed by atoms with E-state index in [4.69, 9.17) is 0 Å². The van der Waals surface area contributed by atoms with Crippen molar-refractivity contribution in [3.63, 3.8) is 0 Å². The molecule has 0 saturated carbocycles. The molecule has 0 aliphatic carbocycles. The second-order valence-electron chi connectivity index (χ2n) is 7.25. The fraction of sp³-hybridized carbons (Fsp3) is 0.0833. The molecule has 5 rings (SSSR count). The Kier molecular flexibility index (Phi) is 5.89. The van der Waals surface area contributed by atoms with E-state index in [1.165, 1.54) is 39.8 Å². The van der Waals surface area contributed by atoms with Crippen molar-refractivity contribution in [2.75, 3.05) is 11.1 Å². The Hall–Kier alpha value is -3.56. The molecule has 5 aromatic rings. The van der Waals surface area contributed by atoms with Crippen molar-refractivity contribution < 1.29 is 9.18 Å². The average Bonchev–Trinajstić information content (AvgIpc) is 3.23. The van der Waals surface area contributed by atoms with Gasteiger partial charge in [0.2, 0.25) is 5.91 Å². The molecule has 6 nitrogen and oxygen atoms in total. The Bertz CT molecular complexity index is 1500. The summed E-state index contributed by atoms with van der Waals surface area (Å²) in [7, 11) is 0. The number of anilines is 1. The van der Waals surface area contributed by atoms with Crippen LogP contribution in [0.4, 0.5) is 9.52 Å². The number of nitrogens with zero attached hydrogens (tertiary/aromatic N) is 3. The van der Waals surface area contributed by atoms with Gasteiger partial charge in [0.25, 0.3) is 5.56 Å². The van der Waals surface area contributed by atoms with Gasteiger partial charge >= 0.3 is 0 Å². The maximum Gasteiger partial charge on any atom is 0.262 e. The molecule has 3 aromatic carbocycles. The molecular weight excluding hydrogens is 459 g/mol.